The van der Waals surface area contributed by atoms with Crippen LogP contribution in [0.3, 0.4) is 0 Å². The van der Waals surface area contributed by atoms with Crippen molar-refractivity contribution in [2.45, 2.75) is 45.3 Å². The summed E-state index contributed by atoms with van der Waals surface area (Å²) in [5.41, 5.74) is 4.26. The molecular weight excluding hydrogens is 369 g/mol. The molecule has 0 fully saturated rings. The van der Waals surface area contributed by atoms with Crippen LogP contribution >= 0.6 is 0 Å². The number of nitrogens with zero attached hydrogens (tertiary/aromatic N) is 3. The number of rotatable bonds is 9. The van der Waals surface area contributed by atoms with E-state index in [1.807, 2.05) is 49.3 Å². The Bertz CT molecular complexity index is 826. The molecule has 0 unspecified atom stereocenters. The Hall–Kier alpha value is -2.15. The number of hydrogen-bond acceptors (Lipinski definition) is 5. The minimum atomic E-state index is -0.0349. The van der Waals surface area contributed by atoms with Crippen LogP contribution in [-0.2, 0) is 24.6 Å². The number of hydroxylamine groups is 1. The van der Waals surface area contributed by atoms with Crippen LogP contribution in [0.2, 0.25) is 0 Å². The van der Waals surface area contributed by atoms with Gasteiger partial charge in [0.25, 0.3) is 0 Å². The molecule has 0 saturated carbocycles. The van der Waals surface area contributed by atoms with Gasteiger partial charge in [0.05, 0.1) is 12.2 Å². The second-order valence-corrected chi connectivity index (χ2v) is 8.73. The molecule has 29 heavy (non-hydrogen) atoms. The van der Waals surface area contributed by atoms with Gasteiger partial charge in [0, 0.05) is 25.2 Å². The lowest BCUT2D eigenvalue weighted by molar-refractivity contribution is -0.147. The predicted octanol–water partition coefficient (Wildman–Crippen LogP) is 4.30. The van der Waals surface area contributed by atoms with Gasteiger partial charge in [-0.3, -0.25) is 4.90 Å². The topological polar surface area (TPSA) is 39.2 Å². The monoisotopic (exact) mass is 401 g/mol. The molecular formula is C23H32FN3O2. The number of aromatic hydroxyl groups is 1. The smallest absolute Gasteiger partial charge is 0.115 e. The molecule has 158 valence electrons. The summed E-state index contributed by atoms with van der Waals surface area (Å²) in [5.74, 6) is 0.308. The average Bonchev–Trinajstić information content (AvgIpc) is 3.13. The standard InChI is InChI=1S/C23H32FN3O2/c1-23(2,12-11-18-7-5-9-20(28)15-18)26-16-19-8-6-10-22(21(19)17-26)27(29-24)14-13-25(3)4/h5-10,15,28H,11-14,16-17H2,1-4H3. The Morgan fingerprint density at radius 2 is 1.86 bits per heavy atom. The molecule has 0 saturated heterocycles. The molecule has 3 rings (SSSR count). The van der Waals surface area contributed by atoms with Gasteiger partial charge in [0.2, 0.25) is 0 Å². The molecule has 1 heterocycles. The first-order chi connectivity index (χ1) is 13.8. The van der Waals surface area contributed by atoms with E-state index in [0.717, 1.165) is 42.7 Å². The first kappa shape index (κ1) is 21.6. The third-order valence-electron chi connectivity index (χ3n) is 5.85. The van der Waals surface area contributed by atoms with Gasteiger partial charge < -0.3 is 10.0 Å². The Kier molecular flexibility index (Phi) is 6.77. The molecule has 1 aliphatic rings. The first-order valence-corrected chi connectivity index (χ1v) is 10.1. The highest BCUT2D eigenvalue weighted by atomic mass is 19.3. The summed E-state index contributed by atoms with van der Waals surface area (Å²) in [5, 5.41) is 15.3. The normalized spacial score (nSPS) is 14.4. The molecule has 1 aliphatic heterocycles. The van der Waals surface area contributed by atoms with Crippen LogP contribution in [0.25, 0.3) is 0 Å². The van der Waals surface area contributed by atoms with E-state index in [4.69, 9.17) is 0 Å². The number of phenols is 1. The summed E-state index contributed by atoms with van der Waals surface area (Å²) < 4.78 is 13.3. The maximum absolute atomic E-state index is 13.3. The summed E-state index contributed by atoms with van der Waals surface area (Å²) in [6.45, 7) is 7.26. The number of anilines is 1. The average molecular weight is 402 g/mol. The van der Waals surface area contributed by atoms with Gasteiger partial charge in [0.15, 0.2) is 0 Å². The molecule has 5 nitrogen and oxygen atoms in total. The van der Waals surface area contributed by atoms with Crippen molar-refractivity contribution in [2.24, 2.45) is 0 Å². The largest absolute Gasteiger partial charge is 0.508 e. The van der Waals surface area contributed by atoms with Crippen molar-refractivity contribution in [3.63, 3.8) is 0 Å². The van der Waals surface area contributed by atoms with E-state index in [-0.39, 0.29) is 5.54 Å². The Labute approximate surface area is 173 Å². The predicted molar refractivity (Wildman–Crippen MR) is 114 cm³/mol. The van der Waals surface area contributed by atoms with Crippen LogP contribution < -0.4 is 5.06 Å². The third kappa shape index (κ3) is 5.26. The summed E-state index contributed by atoms with van der Waals surface area (Å²) in [6.07, 6.45) is 1.85. The van der Waals surface area contributed by atoms with E-state index in [1.165, 1.54) is 10.6 Å². The molecule has 0 aliphatic carbocycles. The van der Waals surface area contributed by atoms with Gasteiger partial charge in [-0.2, -0.15) is 0 Å². The summed E-state index contributed by atoms with van der Waals surface area (Å²) >= 11 is 0. The van der Waals surface area contributed by atoms with E-state index >= 15 is 0 Å². The molecule has 0 radical (unpaired) electrons. The molecule has 2 aromatic rings. The molecule has 0 spiro atoms. The highest BCUT2D eigenvalue weighted by Gasteiger charge is 2.33. The Balaban J connectivity index is 1.71. The number of likely N-dealkylation sites (N-methyl/N-ethyl adjacent to an activating group) is 1. The highest BCUT2D eigenvalue weighted by molar-refractivity contribution is 5.56. The van der Waals surface area contributed by atoms with Crippen molar-refractivity contribution in [3.05, 3.63) is 59.2 Å². The minimum Gasteiger partial charge on any atom is -0.508 e. The van der Waals surface area contributed by atoms with Crippen LogP contribution in [0.4, 0.5) is 10.2 Å². The van der Waals surface area contributed by atoms with Gasteiger partial charge in [-0.25, -0.2) is 5.06 Å². The molecule has 0 amide bonds. The zero-order valence-corrected chi connectivity index (χ0v) is 17.9. The fourth-order valence-electron chi connectivity index (χ4n) is 3.87. The third-order valence-corrected chi connectivity index (χ3v) is 5.85. The number of aryl methyl sites for hydroxylation is 1. The Morgan fingerprint density at radius 1 is 1.10 bits per heavy atom. The summed E-state index contributed by atoms with van der Waals surface area (Å²) in [7, 11) is 3.92. The highest BCUT2D eigenvalue weighted by Crippen LogP contribution is 2.37. The summed E-state index contributed by atoms with van der Waals surface area (Å²) in [4.78, 5) is 4.44. The number of phenolic OH excluding ortho intramolecular Hbond substituents is 1. The fraction of sp³-hybridized carbons (Fsp3) is 0.478. The quantitative estimate of drug-likeness (QED) is 0.634. The van der Waals surface area contributed by atoms with Gasteiger partial charge in [-0.15, -0.1) is 0 Å². The zero-order valence-electron chi connectivity index (χ0n) is 17.9. The SMILES string of the molecule is CN(C)CCN(OF)c1cccc2c1CN(C(C)(C)CCc1cccc(O)c1)C2. The number of fused-ring (bicyclic) bond motifs is 1. The lowest BCUT2D eigenvalue weighted by Crippen LogP contribution is -2.40. The second-order valence-electron chi connectivity index (χ2n) is 8.73. The number of hydrogen-bond donors (Lipinski definition) is 1. The van der Waals surface area contributed by atoms with Crippen molar-refractivity contribution in [1.82, 2.24) is 9.80 Å². The van der Waals surface area contributed by atoms with Crippen LogP contribution in [0.5, 0.6) is 5.75 Å². The van der Waals surface area contributed by atoms with Crippen LogP contribution in [-0.4, -0.2) is 47.6 Å². The lowest BCUT2D eigenvalue weighted by atomic mass is 9.93. The molecule has 6 heteroatoms. The molecule has 0 aromatic heterocycles. The lowest BCUT2D eigenvalue weighted by Gasteiger charge is -2.36. The number of benzene rings is 2. The molecule has 0 atom stereocenters. The maximum Gasteiger partial charge on any atom is 0.115 e. The van der Waals surface area contributed by atoms with Crippen molar-refractivity contribution >= 4 is 5.69 Å². The number of halogens is 1. The van der Waals surface area contributed by atoms with Crippen LogP contribution in [0, 0.1) is 0 Å². The fourth-order valence-corrected chi connectivity index (χ4v) is 3.87. The van der Waals surface area contributed by atoms with E-state index in [9.17, 15) is 9.63 Å². The van der Waals surface area contributed by atoms with Crippen molar-refractivity contribution in [3.8, 4) is 5.75 Å². The first-order valence-electron chi connectivity index (χ1n) is 10.1. The Morgan fingerprint density at radius 3 is 2.55 bits per heavy atom. The molecule has 0 bridgehead atoms. The van der Waals surface area contributed by atoms with E-state index < -0.39 is 0 Å². The second kappa shape index (κ2) is 9.11. The van der Waals surface area contributed by atoms with Crippen LogP contribution in [0.1, 0.15) is 37.0 Å². The molecule has 1 N–H and O–H groups in total. The minimum absolute atomic E-state index is 0.0349. The van der Waals surface area contributed by atoms with Gasteiger partial charge in [-0.05, 0) is 80.2 Å². The van der Waals surface area contributed by atoms with Gasteiger partial charge in [-0.1, -0.05) is 29.3 Å². The van der Waals surface area contributed by atoms with Gasteiger partial charge in [0.1, 0.15) is 5.75 Å². The summed E-state index contributed by atoms with van der Waals surface area (Å²) in [6, 6.07) is 13.5. The molecule has 2 aromatic carbocycles. The van der Waals surface area contributed by atoms with Crippen LogP contribution in [0.15, 0.2) is 42.5 Å². The van der Waals surface area contributed by atoms with E-state index in [1.54, 1.807) is 6.07 Å². The van der Waals surface area contributed by atoms with E-state index in [2.05, 4.69) is 29.9 Å². The van der Waals surface area contributed by atoms with Gasteiger partial charge >= 0.3 is 0 Å². The maximum atomic E-state index is 13.3. The van der Waals surface area contributed by atoms with Crippen molar-refractivity contribution < 1.29 is 14.7 Å². The van der Waals surface area contributed by atoms with E-state index in [0.29, 0.717) is 18.8 Å². The van der Waals surface area contributed by atoms with Crippen molar-refractivity contribution in [1.29, 1.82) is 0 Å². The zero-order chi connectivity index (χ0) is 21.0. The van der Waals surface area contributed by atoms with Crippen molar-refractivity contribution in [2.75, 3.05) is 32.2 Å².